The minimum atomic E-state index is -0.667. The summed E-state index contributed by atoms with van der Waals surface area (Å²) < 4.78 is 6.59. The lowest BCUT2D eigenvalue weighted by Gasteiger charge is -2.00. The molecule has 5 nitrogen and oxygen atoms in total. The molecule has 0 spiro atoms. The third-order valence-corrected chi connectivity index (χ3v) is 1.79. The maximum Gasteiger partial charge on any atom is 0.313 e. The number of hydrogen-bond donors (Lipinski definition) is 1. The highest BCUT2D eigenvalue weighted by molar-refractivity contribution is 9.08. The average Bonchev–Trinajstić information content (AvgIpc) is 2.14. The summed E-state index contributed by atoms with van der Waals surface area (Å²) in [4.78, 5) is 32.4. The van der Waals surface area contributed by atoms with Crippen molar-refractivity contribution in [1.82, 2.24) is 4.34 Å². The van der Waals surface area contributed by atoms with Crippen molar-refractivity contribution in [3.8, 4) is 0 Å². The van der Waals surface area contributed by atoms with E-state index in [0.29, 0.717) is 6.42 Å². The van der Waals surface area contributed by atoms with Crippen LogP contribution in [0.3, 0.4) is 0 Å². The van der Waals surface area contributed by atoms with Gasteiger partial charge < -0.3 is 4.74 Å². The molecule has 0 fully saturated rings. The summed E-state index contributed by atoms with van der Waals surface area (Å²) in [6, 6.07) is 0. The summed E-state index contributed by atoms with van der Waals surface area (Å²) in [5.74, 6) is -1.54. The first-order valence-electron chi connectivity index (χ1n) is 4.23. The predicted octanol–water partition coefficient (Wildman–Crippen LogP) is 1.06. The van der Waals surface area contributed by atoms with Crippen LogP contribution >= 0.6 is 16.1 Å². The quantitative estimate of drug-likeness (QED) is 0.459. The monoisotopic (exact) mass is 265 g/mol. The van der Waals surface area contributed by atoms with E-state index in [0.717, 1.165) is 0 Å². The van der Waals surface area contributed by atoms with E-state index < -0.39 is 11.9 Å². The molecule has 14 heavy (non-hydrogen) atoms. The molecule has 0 heterocycles. The largest absolute Gasteiger partial charge is 0.393 e. The summed E-state index contributed by atoms with van der Waals surface area (Å²) in [6.45, 7) is 1.81. The molecule has 0 saturated heterocycles. The smallest absolute Gasteiger partial charge is 0.313 e. The molecule has 0 aliphatic carbocycles. The summed E-state index contributed by atoms with van der Waals surface area (Å²) >= 11 is 2.72. The first-order chi connectivity index (χ1) is 6.60. The van der Waals surface area contributed by atoms with E-state index in [1.807, 2.05) is 6.92 Å². The van der Waals surface area contributed by atoms with Gasteiger partial charge in [0.1, 0.15) is 0 Å². The summed E-state index contributed by atoms with van der Waals surface area (Å²) in [5.41, 5.74) is 0. The molecule has 1 amide bonds. The molecule has 6 heteroatoms. The van der Waals surface area contributed by atoms with Gasteiger partial charge in [0.2, 0.25) is 5.91 Å². The van der Waals surface area contributed by atoms with Gasteiger partial charge >= 0.3 is 11.9 Å². The molecule has 0 bridgehead atoms. The number of esters is 2. The van der Waals surface area contributed by atoms with Crippen molar-refractivity contribution in [1.29, 1.82) is 0 Å². The average molecular weight is 266 g/mol. The van der Waals surface area contributed by atoms with Crippen LogP contribution in [-0.4, -0.2) is 17.8 Å². The second kappa shape index (κ2) is 7.49. The van der Waals surface area contributed by atoms with Crippen molar-refractivity contribution < 1.29 is 19.1 Å². The molecule has 0 saturated carbocycles. The highest BCUT2D eigenvalue weighted by Crippen LogP contribution is 1.97. The van der Waals surface area contributed by atoms with E-state index in [4.69, 9.17) is 0 Å². The van der Waals surface area contributed by atoms with Crippen LogP contribution in [0.5, 0.6) is 0 Å². The number of carbonyl (C=O) groups is 3. The van der Waals surface area contributed by atoms with Crippen molar-refractivity contribution in [2.75, 3.05) is 0 Å². The molecule has 0 rings (SSSR count). The van der Waals surface area contributed by atoms with E-state index in [9.17, 15) is 14.4 Å². The van der Waals surface area contributed by atoms with Gasteiger partial charge in [-0.05, 0) is 6.42 Å². The Hall–Kier alpha value is -0.910. The molecular weight excluding hydrogens is 254 g/mol. The Morgan fingerprint density at radius 2 is 1.71 bits per heavy atom. The number of amides is 1. The van der Waals surface area contributed by atoms with Crippen LogP contribution < -0.4 is 4.34 Å². The van der Waals surface area contributed by atoms with Crippen molar-refractivity contribution in [2.24, 2.45) is 0 Å². The number of halogens is 1. The van der Waals surface area contributed by atoms with E-state index in [1.165, 1.54) is 0 Å². The van der Waals surface area contributed by atoms with Gasteiger partial charge in [-0.2, -0.15) is 0 Å². The van der Waals surface area contributed by atoms with Crippen molar-refractivity contribution in [2.45, 2.75) is 32.6 Å². The van der Waals surface area contributed by atoms with Crippen LogP contribution in [0.4, 0.5) is 0 Å². The number of carbonyl (C=O) groups excluding carboxylic acids is 3. The summed E-state index contributed by atoms with van der Waals surface area (Å²) in [6.07, 6.45) is 0.765. The Balaban J connectivity index is 3.65. The molecule has 1 N–H and O–H groups in total. The summed E-state index contributed by atoms with van der Waals surface area (Å²) in [5, 5.41) is 0. The molecule has 0 aliphatic heterocycles. The van der Waals surface area contributed by atoms with Gasteiger partial charge in [-0.1, -0.05) is 6.92 Å². The van der Waals surface area contributed by atoms with Crippen LogP contribution in [0.25, 0.3) is 0 Å². The van der Waals surface area contributed by atoms with E-state index in [-0.39, 0.29) is 25.2 Å². The Morgan fingerprint density at radius 1 is 1.14 bits per heavy atom. The second-order valence-corrected chi connectivity index (χ2v) is 3.01. The third kappa shape index (κ3) is 6.59. The topological polar surface area (TPSA) is 72.5 Å². The Bertz CT molecular complexity index is 229. The lowest BCUT2D eigenvalue weighted by molar-refractivity contribution is -0.160. The number of hydrogen-bond acceptors (Lipinski definition) is 4. The van der Waals surface area contributed by atoms with Crippen LogP contribution in [-0.2, 0) is 19.1 Å². The van der Waals surface area contributed by atoms with Crippen LogP contribution in [0.1, 0.15) is 32.6 Å². The first kappa shape index (κ1) is 13.1. The highest BCUT2D eigenvalue weighted by Gasteiger charge is 2.11. The molecule has 0 aromatic carbocycles. The molecule has 0 atom stereocenters. The second-order valence-electron chi connectivity index (χ2n) is 2.61. The molecule has 80 valence electrons. The fourth-order valence-corrected chi connectivity index (χ4v) is 0.894. The van der Waals surface area contributed by atoms with Gasteiger partial charge in [-0.15, -0.1) is 0 Å². The van der Waals surface area contributed by atoms with E-state index in [1.54, 1.807) is 0 Å². The molecule has 0 aromatic heterocycles. The fourth-order valence-electron chi connectivity index (χ4n) is 0.696. The highest BCUT2D eigenvalue weighted by atomic mass is 79.9. The van der Waals surface area contributed by atoms with Crippen LogP contribution in [0.2, 0.25) is 0 Å². The lowest BCUT2D eigenvalue weighted by atomic mass is 10.3. The van der Waals surface area contributed by atoms with Gasteiger partial charge in [0.25, 0.3) is 0 Å². The summed E-state index contributed by atoms with van der Waals surface area (Å²) in [7, 11) is 0. The first-order valence-corrected chi connectivity index (χ1v) is 5.02. The van der Waals surface area contributed by atoms with Gasteiger partial charge in [0.05, 0.1) is 6.42 Å². The van der Waals surface area contributed by atoms with E-state index >= 15 is 0 Å². The van der Waals surface area contributed by atoms with Gasteiger partial charge in [0, 0.05) is 29.0 Å². The minimum absolute atomic E-state index is 0.00346. The zero-order valence-corrected chi connectivity index (χ0v) is 9.43. The number of nitrogens with one attached hydrogen (secondary N) is 1. The van der Waals surface area contributed by atoms with Crippen molar-refractivity contribution >= 4 is 34.0 Å². The zero-order chi connectivity index (χ0) is 11.0. The minimum Gasteiger partial charge on any atom is -0.393 e. The number of ether oxygens (including phenoxy) is 1. The zero-order valence-electron chi connectivity index (χ0n) is 7.84. The van der Waals surface area contributed by atoms with Crippen molar-refractivity contribution in [3.63, 3.8) is 0 Å². The van der Waals surface area contributed by atoms with Gasteiger partial charge in [0.15, 0.2) is 0 Å². The fraction of sp³-hybridized carbons (Fsp3) is 0.625. The molecule has 0 unspecified atom stereocenters. The predicted molar refractivity (Wildman–Crippen MR) is 52.3 cm³/mol. The van der Waals surface area contributed by atoms with Gasteiger partial charge in [-0.25, -0.2) is 0 Å². The Kier molecular flexibility index (Phi) is 7.00. The Morgan fingerprint density at radius 3 is 2.21 bits per heavy atom. The molecule has 0 aliphatic rings. The Labute approximate surface area is 90.5 Å². The number of rotatable bonds is 5. The van der Waals surface area contributed by atoms with Crippen LogP contribution in [0, 0.1) is 0 Å². The SMILES string of the molecule is CCCC(=O)OC(=O)CCC(=O)NBr. The van der Waals surface area contributed by atoms with Crippen molar-refractivity contribution in [3.05, 3.63) is 0 Å². The maximum absolute atomic E-state index is 10.9. The third-order valence-electron chi connectivity index (χ3n) is 1.34. The maximum atomic E-state index is 10.9. The lowest BCUT2D eigenvalue weighted by Crippen LogP contribution is -2.16. The standard InChI is InChI=1S/C8H12BrNO4/c1-2-3-7(12)14-8(13)5-4-6(11)10-9/h2-5H2,1H3,(H,10,11). The molecular formula is C8H12BrNO4. The van der Waals surface area contributed by atoms with Gasteiger partial charge in [-0.3, -0.25) is 18.7 Å². The normalized spacial score (nSPS) is 9.29. The molecule has 0 aromatic rings. The molecule has 0 radical (unpaired) electrons. The van der Waals surface area contributed by atoms with Crippen LogP contribution in [0.15, 0.2) is 0 Å². The van der Waals surface area contributed by atoms with E-state index in [2.05, 4.69) is 25.2 Å².